The molecule has 1 aromatic rings. The number of anilines is 1. The molecule has 0 aliphatic carbocycles. The molecule has 1 aliphatic heterocycles. The summed E-state index contributed by atoms with van der Waals surface area (Å²) in [5.41, 5.74) is 0. The number of rotatable bonds is 2. The van der Waals surface area contributed by atoms with Gasteiger partial charge in [0, 0.05) is 26.0 Å². The molecule has 2 N–H and O–H groups in total. The van der Waals surface area contributed by atoms with E-state index in [-0.39, 0.29) is 11.9 Å². The first-order valence-corrected chi connectivity index (χ1v) is 4.79. The second kappa shape index (κ2) is 3.69. The van der Waals surface area contributed by atoms with Gasteiger partial charge in [0.1, 0.15) is 6.04 Å². The van der Waals surface area contributed by atoms with Crippen LogP contribution in [0.4, 0.5) is 5.95 Å². The third kappa shape index (κ3) is 1.71. The Morgan fingerprint density at radius 3 is 3.21 bits per heavy atom. The van der Waals surface area contributed by atoms with Crippen molar-refractivity contribution in [3.63, 3.8) is 0 Å². The minimum atomic E-state index is -0.134. The summed E-state index contributed by atoms with van der Waals surface area (Å²) in [5, 5.41) is 5.94. The van der Waals surface area contributed by atoms with Gasteiger partial charge >= 0.3 is 0 Å². The van der Waals surface area contributed by atoms with Crippen molar-refractivity contribution in [1.29, 1.82) is 0 Å². The van der Waals surface area contributed by atoms with E-state index in [0.29, 0.717) is 0 Å². The molecule has 1 aromatic heterocycles. The molecule has 5 heteroatoms. The molecule has 76 valence electrons. The number of hydrogen-bond acceptors (Lipinski definition) is 3. The maximum absolute atomic E-state index is 11.4. The first-order chi connectivity index (χ1) is 6.77. The quantitative estimate of drug-likeness (QED) is 0.702. The van der Waals surface area contributed by atoms with E-state index in [1.165, 1.54) is 0 Å². The predicted molar refractivity (Wildman–Crippen MR) is 52.9 cm³/mol. The number of carbonyl (C=O) groups excluding carboxylic acids is 1. The molecule has 2 rings (SSSR count). The van der Waals surface area contributed by atoms with Gasteiger partial charge in [-0.1, -0.05) is 0 Å². The number of nitrogens with one attached hydrogen (secondary N) is 2. The number of aryl methyl sites for hydroxylation is 1. The summed E-state index contributed by atoms with van der Waals surface area (Å²) in [5.74, 6) is 0.811. The number of piperidine rings is 1. The Balaban J connectivity index is 2.03. The van der Waals surface area contributed by atoms with Gasteiger partial charge in [0.15, 0.2) is 0 Å². The van der Waals surface area contributed by atoms with Gasteiger partial charge in [-0.3, -0.25) is 4.79 Å². The van der Waals surface area contributed by atoms with E-state index in [1.807, 2.05) is 17.8 Å². The molecular weight excluding hydrogens is 180 g/mol. The fraction of sp³-hybridized carbons (Fsp3) is 0.556. The van der Waals surface area contributed by atoms with Gasteiger partial charge < -0.3 is 15.2 Å². The van der Waals surface area contributed by atoms with Gasteiger partial charge in [-0.2, -0.15) is 0 Å². The number of aromatic nitrogens is 2. The average molecular weight is 194 g/mol. The number of carbonyl (C=O) groups is 1. The lowest BCUT2D eigenvalue weighted by atomic mass is 10.1. The molecule has 1 aliphatic rings. The zero-order valence-corrected chi connectivity index (χ0v) is 8.16. The van der Waals surface area contributed by atoms with Gasteiger partial charge in [0.25, 0.3) is 0 Å². The Morgan fingerprint density at radius 2 is 2.57 bits per heavy atom. The minimum Gasteiger partial charge on any atom is -0.354 e. The molecule has 0 aromatic carbocycles. The highest BCUT2D eigenvalue weighted by Crippen LogP contribution is 2.10. The van der Waals surface area contributed by atoms with Gasteiger partial charge in [-0.25, -0.2) is 4.98 Å². The van der Waals surface area contributed by atoms with E-state index < -0.39 is 0 Å². The van der Waals surface area contributed by atoms with Crippen LogP contribution in [0.2, 0.25) is 0 Å². The van der Waals surface area contributed by atoms with Crippen LogP contribution >= 0.6 is 0 Å². The van der Waals surface area contributed by atoms with Gasteiger partial charge in [0.05, 0.1) is 0 Å². The Morgan fingerprint density at radius 1 is 1.71 bits per heavy atom. The van der Waals surface area contributed by atoms with Crippen molar-refractivity contribution in [2.24, 2.45) is 7.05 Å². The van der Waals surface area contributed by atoms with Gasteiger partial charge in [0.2, 0.25) is 11.9 Å². The second-order valence-electron chi connectivity index (χ2n) is 3.49. The molecule has 0 spiro atoms. The SMILES string of the molecule is Cn1ccnc1NC1CCCNC1=O. The molecular formula is C9H14N4O. The summed E-state index contributed by atoms with van der Waals surface area (Å²) in [6.45, 7) is 0.789. The smallest absolute Gasteiger partial charge is 0.242 e. The van der Waals surface area contributed by atoms with Gasteiger partial charge in [-0.05, 0) is 12.8 Å². The van der Waals surface area contributed by atoms with Crippen molar-refractivity contribution in [2.45, 2.75) is 18.9 Å². The summed E-state index contributed by atoms with van der Waals surface area (Å²) >= 11 is 0. The summed E-state index contributed by atoms with van der Waals surface area (Å²) in [7, 11) is 1.90. The first-order valence-electron chi connectivity index (χ1n) is 4.79. The minimum absolute atomic E-state index is 0.0688. The predicted octanol–water partition coefficient (Wildman–Crippen LogP) is 0.111. The maximum atomic E-state index is 11.4. The number of hydrogen-bond donors (Lipinski definition) is 2. The third-order valence-electron chi connectivity index (χ3n) is 2.41. The van der Waals surface area contributed by atoms with Crippen LogP contribution in [0.15, 0.2) is 12.4 Å². The first kappa shape index (κ1) is 9.05. The van der Waals surface area contributed by atoms with E-state index in [1.54, 1.807) is 6.20 Å². The van der Waals surface area contributed by atoms with Crippen LogP contribution in [0.5, 0.6) is 0 Å². The van der Waals surface area contributed by atoms with Crippen LogP contribution in [0.1, 0.15) is 12.8 Å². The summed E-state index contributed by atoms with van der Waals surface area (Å²) in [4.78, 5) is 15.5. The van der Waals surface area contributed by atoms with E-state index in [0.717, 1.165) is 25.3 Å². The largest absolute Gasteiger partial charge is 0.354 e. The zero-order chi connectivity index (χ0) is 9.97. The van der Waals surface area contributed by atoms with Crippen molar-refractivity contribution in [3.8, 4) is 0 Å². The van der Waals surface area contributed by atoms with Crippen LogP contribution in [0, 0.1) is 0 Å². The fourth-order valence-corrected chi connectivity index (χ4v) is 1.57. The molecule has 0 radical (unpaired) electrons. The topological polar surface area (TPSA) is 59.0 Å². The standard InChI is InChI=1S/C9H14N4O/c1-13-6-5-11-9(13)12-7-3-2-4-10-8(7)14/h5-7H,2-4H2,1H3,(H,10,14)(H,11,12). The van der Waals surface area contributed by atoms with Crippen molar-refractivity contribution >= 4 is 11.9 Å². The molecule has 2 heterocycles. The number of nitrogens with zero attached hydrogens (tertiary/aromatic N) is 2. The highest BCUT2D eigenvalue weighted by atomic mass is 16.2. The molecule has 14 heavy (non-hydrogen) atoms. The van der Waals surface area contributed by atoms with Crippen LogP contribution < -0.4 is 10.6 Å². The van der Waals surface area contributed by atoms with E-state index in [9.17, 15) is 4.79 Å². The van der Waals surface area contributed by atoms with Crippen LogP contribution in [-0.4, -0.2) is 28.0 Å². The molecule has 5 nitrogen and oxygen atoms in total. The summed E-state index contributed by atoms with van der Waals surface area (Å²) < 4.78 is 1.86. The van der Waals surface area contributed by atoms with E-state index >= 15 is 0 Å². The van der Waals surface area contributed by atoms with Crippen molar-refractivity contribution in [3.05, 3.63) is 12.4 Å². The summed E-state index contributed by atoms with van der Waals surface area (Å²) in [6, 6.07) is -0.134. The lowest BCUT2D eigenvalue weighted by Gasteiger charge is -2.23. The highest BCUT2D eigenvalue weighted by molar-refractivity contribution is 5.84. The zero-order valence-electron chi connectivity index (χ0n) is 8.16. The van der Waals surface area contributed by atoms with Crippen LogP contribution in [-0.2, 0) is 11.8 Å². The second-order valence-corrected chi connectivity index (χ2v) is 3.49. The third-order valence-corrected chi connectivity index (χ3v) is 2.41. The Bertz CT molecular complexity index is 333. The van der Waals surface area contributed by atoms with Gasteiger partial charge in [-0.15, -0.1) is 0 Å². The lowest BCUT2D eigenvalue weighted by molar-refractivity contribution is -0.123. The Kier molecular flexibility index (Phi) is 2.39. The van der Waals surface area contributed by atoms with Crippen LogP contribution in [0.25, 0.3) is 0 Å². The monoisotopic (exact) mass is 194 g/mol. The molecule has 1 amide bonds. The van der Waals surface area contributed by atoms with E-state index in [2.05, 4.69) is 15.6 Å². The molecule has 1 atom stereocenters. The molecule has 1 unspecified atom stereocenters. The summed E-state index contributed by atoms with van der Waals surface area (Å²) in [6.07, 6.45) is 5.46. The van der Waals surface area contributed by atoms with E-state index in [4.69, 9.17) is 0 Å². The fourth-order valence-electron chi connectivity index (χ4n) is 1.57. The lowest BCUT2D eigenvalue weighted by Crippen LogP contribution is -2.44. The normalized spacial score (nSPS) is 21.8. The average Bonchev–Trinajstić information content (AvgIpc) is 2.56. The molecule has 0 saturated carbocycles. The Hall–Kier alpha value is -1.52. The maximum Gasteiger partial charge on any atom is 0.242 e. The van der Waals surface area contributed by atoms with Crippen molar-refractivity contribution < 1.29 is 4.79 Å². The Labute approximate surface area is 82.5 Å². The number of amides is 1. The van der Waals surface area contributed by atoms with Crippen molar-refractivity contribution in [1.82, 2.24) is 14.9 Å². The molecule has 0 bridgehead atoms. The van der Waals surface area contributed by atoms with Crippen molar-refractivity contribution in [2.75, 3.05) is 11.9 Å². The molecule has 1 fully saturated rings. The number of imidazole rings is 1. The van der Waals surface area contributed by atoms with Crippen LogP contribution in [0.3, 0.4) is 0 Å². The highest BCUT2D eigenvalue weighted by Gasteiger charge is 2.22. The molecule has 1 saturated heterocycles.